The van der Waals surface area contributed by atoms with Crippen LogP contribution in [0.1, 0.15) is 84.1 Å². The van der Waals surface area contributed by atoms with E-state index >= 15 is 0 Å². The molecule has 0 aromatic heterocycles. The number of benzene rings is 1. The average molecular weight is 608 g/mol. The molecule has 238 valence electrons. The number of phenolic OH excluding ortho intramolecular Hbond substituents is 1. The number of methoxy groups -OCH3 is 1. The van der Waals surface area contributed by atoms with Gasteiger partial charge in [-0.25, -0.2) is 4.79 Å². The van der Waals surface area contributed by atoms with Crippen molar-refractivity contribution in [1.29, 1.82) is 0 Å². The maximum Gasteiger partial charge on any atom is 0.328 e. The number of amides is 1. The third-order valence-corrected chi connectivity index (χ3v) is 11.6. The number of hydrogen-bond donors (Lipinski definition) is 2. The second-order valence-corrected chi connectivity index (χ2v) is 13.8. The molecule has 0 spiro atoms. The van der Waals surface area contributed by atoms with Crippen LogP contribution in [0.4, 0.5) is 0 Å². The SMILES string of the molecule is COC(=O)[C@H](Cc1ccc(O)cc1)NC(=O)CCC(=O)O[C@H]1CC2C(CCC3=CC(=O)CC[C@@]32C)C2CC[C@H](C(C)=O)[C@]21C. The van der Waals surface area contributed by atoms with Gasteiger partial charge in [-0.3, -0.25) is 19.2 Å². The summed E-state index contributed by atoms with van der Waals surface area (Å²) in [6.07, 6.45) is 6.78. The number of ether oxygens (including phenoxy) is 2. The lowest BCUT2D eigenvalue weighted by atomic mass is 9.46. The fourth-order valence-corrected chi connectivity index (χ4v) is 9.24. The number of fused-ring (bicyclic) bond motifs is 5. The average Bonchev–Trinajstić information content (AvgIpc) is 3.36. The molecule has 0 heterocycles. The van der Waals surface area contributed by atoms with E-state index in [0.717, 1.165) is 37.7 Å². The summed E-state index contributed by atoms with van der Waals surface area (Å²) < 4.78 is 11.1. The standard InChI is InChI=1S/C35H45NO8/c1-20(37)26-11-12-27-25-10-7-22-18-24(39)15-16-34(22,2)28(25)19-30(35(26,27)3)44-32(41)14-13-31(40)36-29(33(42)43-4)17-21-5-8-23(38)9-6-21/h5-6,8-9,18,25-30,38H,7,10-17,19H2,1-4H3,(H,36,40)/t25?,26-,27?,28?,29+,30+,34+,35-/m1/s1. The van der Waals surface area contributed by atoms with Crippen LogP contribution in [0, 0.1) is 34.5 Å². The van der Waals surface area contributed by atoms with Crippen LogP contribution in [-0.4, -0.2) is 53.8 Å². The molecular weight excluding hydrogens is 562 g/mol. The summed E-state index contributed by atoms with van der Waals surface area (Å²) in [5.74, 6) is -0.467. The fourth-order valence-electron chi connectivity index (χ4n) is 9.24. The van der Waals surface area contributed by atoms with Gasteiger partial charge in [0.15, 0.2) is 5.78 Å². The Balaban J connectivity index is 1.28. The molecule has 9 heteroatoms. The summed E-state index contributed by atoms with van der Waals surface area (Å²) >= 11 is 0. The van der Waals surface area contributed by atoms with Gasteiger partial charge in [0.05, 0.1) is 13.5 Å². The van der Waals surface area contributed by atoms with E-state index in [4.69, 9.17) is 9.47 Å². The summed E-state index contributed by atoms with van der Waals surface area (Å²) in [7, 11) is 1.24. The van der Waals surface area contributed by atoms with E-state index in [-0.39, 0.29) is 59.7 Å². The lowest BCUT2D eigenvalue weighted by molar-refractivity contribution is -0.182. The van der Waals surface area contributed by atoms with Gasteiger partial charge in [0.2, 0.25) is 5.91 Å². The molecule has 2 N–H and O–H groups in total. The van der Waals surface area contributed by atoms with E-state index in [0.29, 0.717) is 18.8 Å². The van der Waals surface area contributed by atoms with Crippen molar-refractivity contribution in [3.05, 3.63) is 41.5 Å². The number of carbonyl (C=O) groups excluding carboxylic acids is 5. The number of rotatable bonds is 9. The van der Waals surface area contributed by atoms with Gasteiger partial charge in [0.25, 0.3) is 0 Å². The third kappa shape index (κ3) is 5.94. The highest BCUT2D eigenvalue weighted by Crippen LogP contribution is 2.67. The van der Waals surface area contributed by atoms with Crippen LogP contribution in [0.3, 0.4) is 0 Å². The Morgan fingerprint density at radius 3 is 2.43 bits per heavy atom. The van der Waals surface area contributed by atoms with E-state index in [2.05, 4.69) is 19.2 Å². The Labute approximate surface area is 259 Å². The van der Waals surface area contributed by atoms with Crippen molar-refractivity contribution in [3.63, 3.8) is 0 Å². The highest BCUT2D eigenvalue weighted by atomic mass is 16.5. The Bertz CT molecular complexity index is 1350. The Morgan fingerprint density at radius 1 is 1.02 bits per heavy atom. The van der Waals surface area contributed by atoms with Gasteiger partial charge in [0, 0.05) is 30.6 Å². The molecule has 0 bridgehead atoms. The van der Waals surface area contributed by atoms with Crippen LogP contribution in [0.2, 0.25) is 0 Å². The van der Waals surface area contributed by atoms with Crippen LogP contribution in [-0.2, 0) is 39.9 Å². The third-order valence-electron chi connectivity index (χ3n) is 11.6. The number of hydrogen-bond acceptors (Lipinski definition) is 8. The first-order valence-corrected chi connectivity index (χ1v) is 16.0. The van der Waals surface area contributed by atoms with E-state index in [1.165, 1.54) is 24.8 Å². The van der Waals surface area contributed by atoms with Gasteiger partial charge in [0.1, 0.15) is 23.7 Å². The summed E-state index contributed by atoms with van der Waals surface area (Å²) in [5, 5.41) is 12.2. The fraction of sp³-hybridized carbons (Fsp3) is 0.629. The molecule has 5 rings (SSSR count). The number of phenols is 1. The quantitative estimate of drug-likeness (QED) is 0.388. The van der Waals surface area contributed by atoms with Crippen molar-refractivity contribution in [2.75, 3.05) is 7.11 Å². The van der Waals surface area contributed by atoms with Crippen LogP contribution in [0.25, 0.3) is 0 Å². The zero-order chi connectivity index (χ0) is 31.8. The van der Waals surface area contributed by atoms with Crippen molar-refractivity contribution in [3.8, 4) is 5.75 Å². The molecule has 44 heavy (non-hydrogen) atoms. The number of ketones is 2. The Kier molecular flexibility index (Phi) is 9.06. The normalized spacial score (nSPS) is 33.1. The second kappa shape index (κ2) is 12.5. The van der Waals surface area contributed by atoms with Crippen LogP contribution in [0.5, 0.6) is 5.75 Å². The lowest BCUT2D eigenvalue weighted by Crippen LogP contribution is -2.58. The number of aromatic hydroxyl groups is 1. The van der Waals surface area contributed by atoms with E-state index in [1.807, 2.05) is 6.08 Å². The predicted octanol–water partition coefficient (Wildman–Crippen LogP) is 4.63. The Hall–Kier alpha value is -3.49. The summed E-state index contributed by atoms with van der Waals surface area (Å²) in [5.41, 5.74) is 1.34. The molecular formula is C35H45NO8. The van der Waals surface area contributed by atoms with Crippen molar-refractivity contribution in [2.45, 2.75) is 97.1 Å². The zero-order valence-corrected chi connectivity index (χ0v) is 26.2. The topological polar surface area (TPSA) is 136 Å². The molecule has 3 saturated carbocycles. The number of nitrogens with one attached hydrogen (secondary N) is 1. The summed E-state index contributed by atoms with van der Waals surface area (Å²) in [6, 6.07) is 5.37. The van der Waals surface area contributed by atoms with Gasteiger partial charge < -0.3 is 19.9 Å². The first-order valence-electron chi connectivity index (χ1n) is 16.0. The molecule has 9 nitrogen and oxygen atoms in total. The van der Waals surface area contributed by atoms with Crippen LogP contribution >= 0.6 is 0 Å². The number of esters is 2. The Morgan fingerprint density at radius 2 is 1.75 bits per heavy atom. The van der Waals surface area contributed by atoms with E-state index < -0.39 is 35.4 Å². The molecule has 3 fully saturated rings. The maximum atomic E-state index is 13.3. The minimum Gasteiger partial charge on any atom is -0.508 e. The maximum absolute atomic E-state index is 13.3. The molecule has 1 aromatic carbocycles. The van der Waals surface area contributed by atoms with Crippen molar-refractivity contribution in [1.82, 2.24) is 5.32 Å². The van der Waals surface area contributed by atoms with Gasteiger partial charge in [-0.1, -0.05) is 31.6 Å². The number of allylic oxidation sites excluding steroid dienone is 1. The lowest BCUT2D eigenvalue weighted by Gasteiger charge is -2.60. The summed E-state index contributed by atoms with van der Waals surface area (Å²) in [6.45, 7) is 6.03. The largest absolute Gasteiger partial charge is 0.508 e. The van der Waals surface area contributed by atoms with Gasteiger partial charge in [-0.05, 0) is 92.4 Å². The molecule has 0 aliphatic heterocycles. The molecule has 0 radical (unpaired) electrons. The predicted molar refractivity (Wildman–Crippen MR) is 161 cm³/mol. The zero-order valence-electron chi connectivity index (χ0n) is 26.2. The molecule has 1 aromatic rings. The van der Waals surface area contributed by atoms with E-state index in [1.54, 1.807) is 19.1 Å². The van der Waals surface area contributed by atoms with Gasteiger partial charge >= 0.3 is 11.9 Å². The monoisotopic (exact) mass is 607 g/mol. The molecule has 4 aliphatic carbocycles. The van der Waals surface area contributed by atoms with E-state index in [9.17, 15) is 29.1 Å². The summed E-state index contributed by atoms with van der Waals surface area (Å²) in [4.78, 5) is 63.7. The molecule has 8 atom stereocenters. The van der Waals surface area contributed by atoms with Crippen LogP contribution in [0.15, 0.2) is 35.9 Å². The minimum atomic E-state index is -0.950. The second-order valence-electron chi connectivity index (χ2n) is 13.8. The highest BCUT2D eigenvalue weighted by molar-refractivity contribution is 5.91. The van der Waals surface area contributed by atoms with Crippen LogP contribution < -0.4 is 5.32 Å². The molecule has 0 saturated heterocycles. The minimum absolute atomic E-state index is 0.0927. The van der Waals surface area contributed by atoms with Crippen molar-refractivity contribution in [2.24, 2.45) is 34.5 Å². The smallest absolute Gasteiger partial charge is 0.328 e. The molecule has 3 unspecified atom stereocenters. The van der Waals surface area contributed by atoms with Crippen molar-refractivity contribution < 1.29 is 38.6 Å². The molecule has 4 aliphatic rings. The first kappa shape index (κ1) is 31.9. The first-order chi connectivity index (χ1) is 20.9. The van der Waals surface area contributed by atoms with Gasteiger partial charge in [-0.15, -0.1) is 0 Å². The molecule has 1 amide bonds. The number of carbonyl (C=O) groups is 5. The number of Topliss-reactive ketones (excluding diaryl/α,β-unsaturated/α-hetero) is 1. The highest BCUT2D eigenvalue weighted by Gasteiger charge is 2.64. The van der Waals surface area contributed by atoms with Gasteiger partial charge in [-0.2, -0.15) is 0 Å². The van der Waals surface area contributed by atoms with Crippen molar-refractivity contribution >= 4 is 29.4 Å².